The first-order valence-corrected chi connectivity index (χ1v) is 19.8. The highest BCUT2D eigenvalue weighted by Gasteiger charge is 2.45. The van der Waals surface area contributed by atoms with E-state index >= 15 is 0 Å². The first-order valence-electron chi connectivity index (χ1n) is 19.8. The number of para-hydroxylation sites is 2. The van der Waals surface area contributed by atoms with Crippen molar-refractivity contribution in [1.29, 1.82) is 0 Å². The van der Waals surface area contributed by atoms with Crippen LogP contribution < -0.4 is 4.90 Å². The minimum atomic E-state index is -0.129. The molecule has 9 rings (SSSR count). The van der Waals surface area contributed by atoms with Crippen LogP contribution in [0, 0.1) is 17.3 Å². The molecular weight excluding hydrogens is 639 g/mol. The fourth-order valence-corrected chi connectivity index (χ4v) is 9.88. The van der Waals surface area contributed by atoms with Gasteiger partial charge in [0.2, 0.25) is 0 Å². The lowest BCUT2D eigenvalue weighted by Crippen LogP contribution is -2.36. The molecule has 1 fully saturated rings. The minimum absolute atomic E-state index is 0.129. The highest BCUT2D eigenvalue weighted by molar-refractivity contribution is 5.98. The van der Waals surface area contributed by atoms with E-state index in [9.17, 15) is 0 Å². The van der Waals surface area contributed by atoms with E-state index < -0.39 is 0 Å². The van der Waals surface area contributed by atoms with Gasteiger partial charge in [0, 0.05) is 28.3 Å². The standard InChI is InChI=1S/C52H49N/c1-37-34-35-51(46(36-37)44-29-15-23-38-20-9-10-26-42(38)44)53(49-32-13-11-27-43(49)39-18-5-3-6-19-39)50-33-14-12-28-45(50)48-31-17-25-41-24-16-30-47(52(41,48)2)40-21-7-4-8-22-40/h3,5-6,9-20,23-35,37,40,48H,4,7-8,21-22,36H2,1-2H3. The van der Waals surface area contributed by atoms with E-state index in [2.05, 4.69) is 189 Å². The number of rotatable bonds is 7. The van der Waals surface area contributed by atoms with E-state index in [0.29, 0.717) is 11.8 Å². The van der Waals surface area contributed by atoms with E-state index in [0.717, 1.165) is 6.42 Å². The largest absolute Gasteiger partial charge is 0.309 e. The number of benzene rings is 5. The molecule has 5 aromatic carbocycles. The third kappa shape index (κ3) is 5.97. The molecule has 0 heterocycles. The molecule has 4 aliphatic rings. The van der Waals surface area contributed by atoms with Crippen molar-refractivity contribution in [2.75, 3.05) is 4.90 Å². The Morgan fingerprint density at radius 3 is 2.21 bits per heavy atom. The fraction of sp³-hybridized carbons (Fsp3) is 0.231. The van der Waals surface area contributed by atoms with E-state index in [1.54, 1.807) is 5.57 Å². The molecule has 53 heavy (non-hydrogen) atoms. The van der Waals surface area contributed by atoms with Crippen LogP contribution in [0.15, 0.2) is 187 Å². The lowest BCUT2D eigenvalue weighted by Gasteiger charge is -2.47. The second-order valence-corrected chi connectivity index (χ2v) is 15.7. The summed E-state index contributed by atoms with van der Waals surface area (Å²) in [5.74, 6) is 1.23. The zero-order chi connectivity index (χ0) is 35.8. The molecule has 0 amide bonds. The van der Waals surface area contributed by atoms with E-state index in [1.807, 2.05) is 0 Å². The monoisotopic (exact) mass is 687 g/mol. The Balaban J connectivity index is 1.30. The Kier molecular flexibility index (Phi) is 8.96. The number of fused-ring (bicyclic) bond motifs is 2. The third-order valence-corrected chi connectivity index (χ3v) is 12.5. The molecule has 262 valence electrons. The zero-order valence-corrected chi connectivity index (χ0v) is 31.1. The maximum Gasteiger partial charge on any atom is 0.0540 e. The average Bonchev–Trinajstić information content (AvgIpc) is 3.22. The molecule has 5 aromatic rings. The van der Waals surface area contributed by atoms with Crippen LogP contribution in [0.5, 0.6) is 0 Å². The Hall–Kier alpha value is -5.40. The molecule has 1 heteroatoms. The van der Waals surface area contributed by atoms with Gasteiger partial charge >= 0.3 is 0 Å². The highest BCUT2D eigenvalue weighted by Crippen LogP contribution is 2.58. The third-order valence-electron chi connectivity index (χ3n) is 12.5. The minimum Gasteiger partial charge on any atom is -0.309 e. The van der Waals surface area contributed by atoms with Crippen LogP contribution in [-0.2, 0) is 0 Å². The molecule has 0 aliphatic heterocycles. The van der Waals surface area contributed by atoms with Gasteiger partial charge in [-0.05, 0) is 87.9 Å². The lowest BCUT2D eigenvalue weighted by atomic mass is 9.57. The van der Waals surface area contributed by atoms with Crippen LogP contribution in [0.1, 0.15) is 69.4 Å². The van der Waals surface area contributed by atoms with Gasteiger partial charge in [-0.3, -0.25) is 0 Å². The Bertz CT molecular complexity index is 2330. The van der Waals surface area contributed by atoms with Gasteiger partial charge in [-0.1, -0.05) is 190 Å². The maximum atomic E-state index is 2.62. The number of anilines is 2. The molecule has 0 radical (unpaired) electrons. The molecule has 4 aliphatic carbocycles. The quantitative estimate of drug-likeness (QED) is 0.165. The van der Waals surface area contributed by atoms with E-state index in [4.69, 9.17) is 0 Å². The number of nitrogens with zero attached hydrogens (tertiary/aromatic N) is 1. The molecule has 1 saturated carbocycles. The topological polar surface area (TPSA) is 3.24 Å². The normalized spacial score (nSPS) is 22.8. The smallest absolute Gasteiger partial charge is 0.0540 e. The summed E-state index contributed by atoms with van der Waals surface area (Å²) in [6.45, 7) is 4.89. The van der Waals surface area contributed by atoms with Crippen molar-refractivity contribution in [2.24, 2.45) is 17.3 Å². The first-order chi connectivity index (χ1) is 26.1. The predicted octanol–water partition coefficient (Wildman–Crippen LogP) is 14.3. The fourth-order valence-electron chi connectivity index (χ4n) is 9.88. The second kappa shape index (κ2) is 14.2. The molecule has 0 saturated heterocycles. The molecule has 0 N–H and O–H groups in total. The van der Waals surface area contributed by atoms with Crippen LogP contribution in [-0.4, -0.2) is 0 Å². The molecule has 3 atom stereocenters. The molecule has 0 bridgehead atoms. The highest BCUT2D eigenvalue weighted by atomic mass is 15.2. The van der Waals surface area contributed by atoms with Crippen molar-refractivity contribution >= 4 is 27.7 Å². The summed E-state index contributed by atoms with van der Waals surface area (Å²) in [5, 5.41) is 2.59. The van der Waals surface area contributed by atoms with Crippen LogP contribution in [0.25, 0.3) is 27.5 Å². The van der Waals surface area contributed by atoms with Crippen LogP contribution >= 0.6 is 0 Å². The summed E-state index contributed by atoms with van der Waals surface area (Å²) in [4.78, 5) is 2.62. The Labute approximate surface area is 316 Å². The van der Waals surface area contributed by atoms with Crippen LogP contribution in [0.3, 0.4) is 0 Å². The van der Waals surface area contributed by atoms with Crippen molar-refractivity contribution in [3.05, 3.63) is 198 Å². The summed E-state index contributed by atoms with van der Waals surface area (Å²) < 4.78 is 0. The van der Waals surface area contributed by atoms with Gasteiger partial charge in [0.05, 0.1) is 5.69 Å². The van der Waals surface area contributed by atoms with Crippen molar-refractivity contribution in [1.82, 2.24) is 0 Å². The first kappa shape index (κ1) is 33.4. The summed E-state index contributed by atoms with van der Waals surface area (Å²) in [6.07, 6.45) is 26.8. The van der Waals surface area contributed by atoms with Gasteiger partial charge < -0.3 is 4.90 Å². The van der Waals surface area contributed by atoms with E-state index in [1.165, 1.54) is 93.3 Å². The van der Waals surface area contributed by atoms with Gasteiger partial charge in [0.25, 0.3) is 0 Å². The van der Waals surface area contributed by atoms with Gasteiger partial charge in [-0.15, -0.1) is 0 Å². The summed E-state index contributed by atoms with van der Waals surface area (Å²) >= 11 is 0. The average molecular weight is 688 g/mol. The van der Waals surface area contributed by atoms with Gasteiger partial charge in [0.15, 0.2) is 0 Å². The number of allylic oxidation sites excluding steroid dienone is 11. The molecule has 3 unspecified atom stereocenters. The molecule has 0 spiro atoms. The van der Waals surface area contributed by atoms with Crippen LogP contribution in [0.2, 0.25) is 0 Å². The Morgan fingerprint density at radius 1 is 0.623 bits per heavy atom. The van der Waals surface area contributed by atoms with Gasteiger partial charge in [0.1, 0.15) is 0 Å². The van der Waals surface area contributed by atoms with Crippen molar-refractivity contribution in [2.45, 2.75) is 58.3 Å². The van der Waals surface area contributed by atoms with Gasteiger partial charge in [-0.25, -0.2) is 0 Å². The predicted molar refractivity (Wildman–Crippen MR) is 226 cm³/mol. The SMILES string of the molecule is CC1C=CC(N(c2ccccc2-c2ccccc2)c2ccccc2C2C=CC=C3C=CC=C(C4CCCCC4)C32C)=C(c2cccc3ccccc23)C1. The number of hydrogen-bond donors (Lipinski definition) is 0. The lowest BCUT2D eigenvalue weighted by molar-refractivity contribution is 0.317. The zero-order valence-electron chi connectivity index (χ0n) is 31.1. The Morgan fingerprint density at radius 2 is 1.34 bits per heavy atom. The maximum absolute atomic E-state index is 2.62. The van der Waals surface area contributed by atoms with Gasteiger partial charge in [-0.2, -0.15) is 0 Å². The van der Waals surface area contributed by atoms with Crippen molar-refractivity contribution < 1.29 is 0 Å². The van der Waals surface area contributed by atoms with Crippen molar-refractivity contribution in [3.8, 4) is 11.1 Å². The summed E-state index contributed by atoms with van der Waals surface area (Å²) in [5.41, 5.74) is 13.2. The van der Waals surface area contributed by atoms with E-state index in [-0.39, 0.29) is 11.3 Å². The summed E-state index contributed by atoms with van der Waals surface area (Å²) in [7, 11) is 0. The molecule has 1 nitrogen and oxygen atoms in total. The second-order valence-electron chi connectivity index (χ2n) is 15.7. The van der Waals surface area contributed by atoms with Crippen LogP contribution in [0.4, 0.5) is 11.4 Å². The molecular formula is C52H49N. The van der Waals surface area contributed by atoms with Crippen molar-refractivity contribution in [3.63, 3.8) is 0 Å². The number of hydrogen-bond acceptors (Lipinski definition) is 1. The summed E-state index contributed by atoms with van der Waals surface area (Å²) in [6, 6.07) is 45.0. The molecule has 0 aromatic heterocycles.